The van der Waals surface area contributed by atoms with Crippen LogP contribution in [-0.2, 0) is 0 Å². The molecule has 0 aromatic carbocycles. The van der Waals surface area contributed by atoms with E-state index in [1.54, 1.807) is 0 Å². The Labute approximate surface area is 94.4 Å². The normalized spacial score (nSPS) is 38.4. The highest BCUT2D eigenvalue weighted by Crippen LogP contribution is 2.29. The Hall–Kier alpha value is -0.0800. The molecule has 1 aliphatic carbocycles. The van der Waals surface area contributed by atoms with Gasteiger partial charge in [0.05, 0.1) is 0 Å². The molecule has 2 heteroatoms. The maximum atomic E-state index is 3.63. The predicted octanol–water partition coefficient (Wildman–Crippen LogP) is 2.39. The number of likely N-dealkylation sites (tertiary alicyclic amines) is 1. The smallest absolute Gasteiger partial charge is 0.0113 e. The van der Waals surface area contributed by atoms with Gasteiger partial charge >= 0.3 is 0 Å². The number of nitrogens with zero attached hydrogens (tertiary/aromatic N) is 1. The number of rotatable bonds is 3. The zero-order chi connectivity index (χ0) is 10.7. The minimum atomic E-state index is 0.793. The summed E-state index contributed by atoms with van der Waals surface area (Å²) >= 11 is 0. The molecule has 0 spiro atoms. The maximum Gasteiger partial charge on any atom is 0.0113 e. The average molecular weight is 210 g/mol. The first-order chi connectivity index (χ1) is 7.31. The molecule has 2 nitrogen and oxygen atoms in total. The lowest BCUT2D eigenvalue weighted by Gasteiger charge is -2.37. The van der Waals surface area contributed by atoms with Crippen molar-refractivity contribution in [3.63, 3.8) is 0 Å². The van der Waals surface area contributed by atoms with Crippen molar-refractivity contribution < 1.29 is 0 Å². The molecule has 1 heterocycles. The number of hydrogen-bond acceptors (Lipinski definition) is 2. The summed E-state index contributed by atoms with van der Waals surface area (Å²) in [4.78, 5) is 2.77. The van der Waals surface area contributed by atoms with E-state index in [1.807, 2.05) is 0 Å². The van der Waals surface area contributed by atoms with E-state index in [-0.39, 0.29) is 0 Å². The van der Waals surface area contributed by atoms with Gasteiger partial charge in [-0.1, -0.05) is 13.3 Å². The highest BCUT2D eigenvalue weighted by atomic mass is 15.2. The zero-order valence-corrected chi connectivity index (χ0v) is 10.3. The van der Waals surface area contributed by atoms with Gasteiger partial charge < -0.3 is 5.32 Å². The highest BCUT2D eigenvalue weighted by Gasteiger charge is 2.31. The van der Waals surface area contributed by atoms with Gasteiger partial charge in [0.25, 0.3) is 0 Å². The molecule has 88 valence electrons. The van der Waals surface area contributed by atoms with Gasteiger partial charge in [0.1, 0.15) is 0 Å². The SMILES string of the molecule is CCNC1CCCC(N2CCCC2C)C1. The molecule has 1 aliphatic heterocycles. The Bertz CT molecular complexity index is 191. The van der Waals surface area contributed by atoms with Gasteiger partial charge in [-0.3, -0.25) is 4.90 Å². The maximum absolute atomic E-state index is 3.63. The van der Waals surface area contributed by atoms with Crippen LogP contribution in [0.25, 0.3) is 0 Å². The molecule has 2 rings (SSSR count). The molecule has 0 radical (unpaired) electrons. The van der Waals surface area contributed by atoms with Gasteiger partial charge in [0, 0.05) is 18.1 Å². The summed E-state index contributed by atoms with van der Waals surface area (Å²) in [6.07, 6.45) is 8.48. The first-order valence-electron chi connectivity index (χ1n) is 6.80. The lowest BCUT2D eigenvalue weighted by Crippen LogP contribution is -2.45. The standard InChI is InChI=1S/C13H26N2/c1-3-14-12-7-4-8-13(10-12)15-9-5-6-11(15)2/h11-14H,3-10H2,1-2H3. The Balaban J connectivity index is 1.86. The summed E-state index contributed by atoms with van der Waals surface area (Å²) in [6, 6.07) is 2.51. The quantitative estimate of drug-likeness (QED) is 0.769. The fourth-order valence-electron chi connectivity index (χ4n) is 3.44. The summed E-state index contributed by atoms with van der Waals surface area (Å²) in [6.45, 7) is 7.11. The monoisotopic (exact) mass is 210 g/mol. The first kappa shape index (κ1) is 11.4. The van der Waals surface area contributed by atoms with Crippen molar-refractivity contribution in [1.82, 2.24) is 10.2 Å². The van der Waals surface area contributed by atoms with E-state index in [4.69, 9.17) is 0 Å². The molecule has 3 unspecified atom stereocenters. The van der Waals surface area contributed by atoms with E-state index in [0.29, 0.717) is 0 Å². The fraction of sp³-hybridized carbons (Fsp3) is 1.00. The van der Waals surface area contributed by atoms with Crippen LogP contribution in [0.2, 0.25) is 0 Å². The second-order valence-corrected chi connectivity index (χ2v) is 5.30. The summed E-state index contributed by atoms with van der Waals surface area (Å²) in [5.74, 6) is 0. The molecule has 1 saturated heterocycles. The van der Waals surface area contributed by atoms with Crippen LogP contribution in [0.15, 0.2) is 0 Å². The summed E-state index contributed by atoms with van der Waals surface area (Å²) < 4.78 is 0. The minimum absolute atomic E-state index is 0.793. The first-order valence-corrected chi connectivity index (χ1v) is 6.80. The molecule has 0 aromatic rings. The van der Waals surface area contributed by atoms with Crippen LogP contribution in [0.4, 0.5) is 0 Å². The Morgan fingerprint density at radius 2 is 2.07 bits per heavy atom. The molecule has 15 heavy (non-hydrogen) atoms. The summed E-state index contributed by atoms with van der Waals surface area (Å²) in [5, 5.41) is 3.63. The van der Waals surface area contributed by atoms with Crippen molar-refractivity contribution in [2.75, 3.05) is 13.1 Å². The van der Waals surface area contributed by atoms with Crippen molar-refractivity contribution in [2.24, 2.45) is 0 Å². The molecule has 0 aromatic heterocycles. The Morgan fingerprint density at radius 3 is 2.73 bits per heavy atom. The van der Waals surface area contributed by atoms with Crippen LogP contribution in [0, 0.1) is 0 Å². The number of nitrogens with one attached hydrogen (secondary N) is 1. The van der Waals surface area contributed by atoms with Gasteiger partial charge in [-0.15, -0.1) is 0 Å². The lowest BCUT2D eigenvalue weighted by molar-refractivity contribution is 0.134. The van der Waals surface area contributed by atoms with Crippen LogP contribution in [0.1, 0.15) is 52.4 Å². The van der Waals surface area contributed by atoms with Crippen LogP contribution in [0.5, 0.6) is 0 Å². The molecule has 0 amide bonds. The molecule has 0 bridgehead atoms. The molecular formula is C13H26N2. The van der Waals surface area contributed by atoms with Gasteiger partial charge in [0.15, 0.2) is 0 Å². The molecule has 1 saturated carbocycles. The third-order valence-electron chi connectivity index (χ3n) is 4.21. The highest BCUT2D eigenvalue weighted by molar-refractivity contribution is 4.88. The third kappa shape index (κ3) is 2.73. The number of hydrogen-bond donors (Lipinski definition) is 1. The van der Waals surface area contributed by atoms with E-state index >= 15 is 0 Å². The van der Waals surface area contributed by atoms with Crippen molar-refractivity contribution >= 4 is 0 Å². The second kappa shape index (κ2) is 5.31. The molecule has 2 aliphatic rings. The van der Waals surface area contributed by atoms with E-state index in [0.717, 1.165) is 24.7 Å². The molecule has 2 fully saturated rings. The predicted molar refractivity (Wildman–Crippen MR) is 65.1 cm³/mol. The van der Waals surface area contributed by atoms with E-state index < -0.39 is 0 Å². The molecule has 1 N–H and O–H groups in total. The summed E-state index contributed by atoms with van der Waals surface area (Å²) in [7, 11) is 0. The van der Waals surface area contributed by atoms with Crippen molar-refractivity contribution in [2.45, 2.75) is 70.5 Å². The van der Waals surface area contributed by atoms with Gasteiger partial charge in [-0.05, 0) is 52.1 Å². The molecular weight excluding hydrogens is 184 g/mol. The molecule has 3 atom stereocenters. The average Bonchev–Trinajstić information content (AvgIpc) is 2.65. The van der Waals surface area contributed by atoms with Gasteiger partial charge in [-0.2, -0.15) is 0 Å². The van der Waals surface area contributed by atoms with E-state index in [9.17, 15) is 0 Å². The minimum Gasteiger partial charge on any atom is -0.314 e. The largest absolute Gasteiger partial charge is 0.314 e. The van der Waals surface area contributed by atoms with Gasteiger partial charge in [-0.25, -0.2) is 0 Å². The van der Waals surface area contributed by atoms with Crippen molar-refractivity contribution in [1.29, 1.82) is 0 Å². The van der Waals surface area contributed by atoms with Crippen LogP contribution >= 0.6 is 0 Å². The third-order valence-corrected chi connectivity index (χ3v) is 4.21. The van der Waals surface area contributed by atoms with E-state index in [1.165, 1.54) is 45.1 Å². The zero-order valence-electron chi connectivity index (χ0n) is 10.3. The van der Waals surface area contributed by atoms with Gasteiger partial charge in [0.2, 0.25) is 0 Å². The fourth-order valence-corrected chi connectivity index (χ4v) is 3.44. The van der Waals surface area contributed by atoms with E-state index in [2.05, 4.69) is 24.1 Å². The van der Waals surface area contributed by atoms with Crippen molar-refractivity contribution in [3.05, 3.63) is 0 Å². The van der Waals surface area contributed by atoms with Crippen molar-refractivity contribution in [3.8, 4) is 0 Å². The Kier molecular flexibility index (Phi) is 4.04. The Morgan fingerprint density at radius 1 is 1.20 bits per heavy atom. The van der Waals surface area contributed by atoms with Crippen LogP contribution < -0.4 is 5.32 Å². The van der Waals surface area contributed by atoms with Crippen LogP contribution in [0.3, 0.4) is 0 Å². The second-order valence-electron chi connectivity index (χ2n) is 5.30. The topological polar surface area (TPSA) is 15.3 Å². The van der Waals surface area contributed by atoms with Crippen LogP contribution in [-0.4, -0.2) is 36.1 Å². The summed E-state index contributed by atoms with van der Waals surface area (Å²) in [5.41, 5.74) is 0. The lowest BCUT2D eigenvalue weighted by atomic mass is 9.89.